The zero-order chi connectivity index (χ0) is 10.8. The van der Waals surface area contributed by atoms with Gasteiger partial charge in [0, 0.05) is 11.6 Å². The van der Waals surface area contributed by atoms with Gasteiger partial charge in [-0.1, -0.05) is 23.2 Å². The lowest BCUT2D eigenvalue weighted by Crippen LogP contribution is -2.37. The third-order valence-corrected chi connectivity index (χ3v) is 3.63. The van der Waals surface area contributed by atoms with Crippen molar-refractivity contribution >= 4 is 23.2 Å². The molecule has 1 aromatic carbocycles. The Balaban J connectivity index is 2.13. The topological polar surface area (TPSA) is 21.8 Å². The van der Waals surface area contributed by atoms with Gasteiger partial charge in [0.25, 0.3) is 0 Å². The summed E-state index contributed by atoms with van der Waals surface area (Å²) < 4.78 is 11.4. The maximum absolute atomic E-state index is 5.96. The highest BCUT2D eigenvalue weighted by Crippen LogP contribution is 2.54. The largest absolute Gasteiger partial charge is 0.485 e. The van der Waals surface area contributed by atoms with E-state index >= 15 is 0 Å². The van der Waals surface area contributed by atoms with Gasteiger partial charge in [0.05, 0.1) is 10.0 Å². The number of hydrogen-bond donors (Lipinski definition) is 0. The van der Waals surface area contributed by atoms with Gasteiger partial charge < -0.3 is 9.47 Å². The summed E-state index contributed by atoms with van der Waals surface area (Å²) in [5.74, 6) is 0.785. The molecule has 0 N–H and O–H groups in total. The summed E-state index contributed by atoms with van der Waals surface area (Å²) in [6.45, 7) is 4.03. The van der Waals surface area contributed by atoms with Crippen molar-refractivity contribution in [3.63, 3.8) is 0 Å². The first-order valence-corrected chi connectivity index (χ1v) is 5.58. The summed E-state index contributed by atoms with van der Waals surface area (Å²) in [4.78, 5) is 0. The molecule has 1 fully saturated rings. The Morgan fingerprint density at radius 3 is 2.60 bits per heavy atom. The highest BCUT2D eigenvalue weighted by molar-refractivity contribution is 6.42. The Hall–Kier alpha value is -0.440. The van der Waals surface area contributed by atoms with Gasteiger partial charge >= 0.3 is 0 Å². The monoisotopic (exact) mass is 244 g/mol. The van der Waals surface area contributed by atoms with Gasteiger partial charge in [-0.2, -0.15) is 0 Å². The summed E-state index contributed by atoms with van der Waals surface area (Å²) in [5.41, 5.74) is 0.725. The van der Waals surface area contributed by atoms with Crippen molar-refractivity contribution in [1.82, 2.24) is 0 Å². The fraction of sp³-hybridized carbons (Fsp3) is 0.455. The zero-order valence-corrected chi connectivity index (χ0v) is 9.89. The number of hydrogen-bond acceptors (Lipinski definition) is 2. The summed E-state index contributed by atoms with van der Waals surface area (Å²) in [5, 5.41) is 1.07. The molecule has 1 aromatic rings. The molecule has 2 aliphatic rings. The molecule has 15 heavy (non-hydrogen) atoms. The number of fused-ring (bicyclic) bond motifs is 3. The molecule has 2 atom stereocenters. The van der Waals surface area contributed by atoms with E-state index in [0.29, 0.717) is 10.0 Å². The molecule has 3 rings (SSSR count). The minimum atomic E-state index is -0.283. The second kappa shape index (κ2) is 2.82. The Morgan fingerprint density at radius 2 is 1.87 bits per heavy atom. The van der Waals surface area contributed by atoms with E-state index in [1.54, 1.807) is 6.07 Å². The van der Waals surface area contributed by atoms with Crippen LogP contribution in [0.5, 0.6) is 5.75 Å². The van der Waals surface area contributed by atoms with E-state index < -0.39 is 0 Å². The minimum Gasteiger partial charge on any atom is -0.485 e. The second-order valence-corrected chi connectivity index (χ2v) is 5.30. The molecule has 0 radical (unpaired) electrons. The van der Waals surface area contributed by atoms with Crippen molar-refractivity contribution in [2.75, 3.05) is 0 Å². The lowest BCUT2D eigenvalue weighted by Gasteiger charge is -2.29. The maximum atomic E-state index is 5.96. The molecular weight excluding hydrogens is 235 g/mol. The first kappa shape index (κ1) is 9.76. The molecule has 80 valence electrons. The van der Waals surface area contributed by atoms with E-state index in [-0.39, 0.29) is 17.8 Å². The zero-order valence-electron chi connectivity index (χ0n) is 8.38. The maximum Gasteiger partial charge on any atom is 0.132 e. The normalized spacial score (nSPS) is 30.1. The van der Waals surface area contributed by atoms with E-state index in [4.69, 9.17) is 32.7 Å². The standard InChI is InChI=1S/C11H10Cl2O2/c1-11(2)10-9(14-10)5-3-6(12)7(13)4-8(5)15-11/h3-4,9-10H,1-2H3/t9?,10-/m0/s1. The smallest absolute Gasteiger partial charge is 0.132 e. The lowest BCUT2D eigenvalue weighted by atomic mass is 9.94. The van der Waals surface area contributed by atoms with Crippen LogP contribution >= 0.6 is 23.2 Å². The average molecular weight is 245 g/mol. The number of ether oxygens (including phenoxy) is 2. The molecule has 0 spiro atoms. The molecule has 0 saturated carbocycles. The third kappa shape index (κ3) is 1.36. The number of benzene rings is 1. The molecule has 0 amide bonds. The van der Waals surface area contributed by atoms with E-state index in [2.05, 4.69) is 0 Å². The van der Waals surface area contributed by atoms with E-state index in [1.165, 1.54) is 0 Å². The Bertz CT molecular complexity index is 442. The summed E-state index contributed by atoms with van der Waals surface area (Å²) in [6, 6.07) is 3.60. The Labute approximate surface area is 98.1 Å². The van der Waals surface area contributed by atoms with E-state index in [0.717, 1.165) is 11.3 Å². The van der Waals surface area contributed by atoms with Crippen molar-refractivity contribution < 1.29 is 9.47 Å². The Kier molecular flexibility index (Phi) is 1.83. The lowest BCUT2D eigenvalue weighted by molar-refractivity contribution is 0.0725. The quantitative estimate of drug-likeness (QED) is 0.651. The Morgan fingerprint density at radius 1 is 1.20 bits per heavy atom. The van der Waals surface area contributed by atoms with Crippen LogP contribution in [-0.4, -0.2) is 11.7 Å². The first-order chi connectivity index (χ1) is 6.99. The first-order valence-electron chi connectivity index (χ1n) is 4.82. The van der Waals surface area contributed by atoms with Crippen LogP contribution in [0.15, 0.2) is 12.1 Å². The minimum absolute atomic E-state index is 0.124. The van der Waals surface area contributed by atoms with Gasteiger partial charge in [-0.3, -0.25) is 0 Å². The van der Waals surface area contributed by atoms with E-state index in [9.17, 15) is 0 Å². The van der Waals surface area contributed by atoms with Crippen LogP contribution in [0.4, 0.5) is 0 Å². The number of rotatable bonds is 0. The van der Waals surface area contributed by atoms with Gasteiger partial charge in [0.15, 0.2) is 0 Å². The molecule has 1 unspecified atom stereocenters. The molecule has 2 heterocycles. The van der Waals surface area contributed by atoms with Crippen molar-refractivity contribution in [1.29, 1.82) is 0 Å². The number of epoxide rings is 1. The van der Waals surface area contributed by atoms with Gasteiger partial charge in [-0.25, -0.2) is 0 Å². The number of halogens is 2. The fourth-order valence-electron chi connectivity index (χ4n) is 2.07. The van der Waals surface area contributed by atoms with Crippen molar-refractivity contribution in [3.8, 4) is 5.75 Å². The molecule has 0 aromatic heterocycles. The predicted octanol–water partition coefficient (Wildman–Crippen LogP) is 3.60. The van der Waals surface area contributed by atoms with E-state index in [1.807, 2.05) is 19.9 Å². The van der Waals surface area contributed by atoms with Gasteiger partial charge in [0.1, 0.15) is 23.6 Å². The summed E-state index contributed by atoms with van der Waals surface area (Å²) in [6.07, 6.45) is 0.265. The van der Waals surface area contributed by atoms with Crippen LogP contribution in [0.2, 0.25) is 10.0 Å². The van der Waals surface area contributed by atoms with Crippen LogP contribution in [0.25, 0.3) is 0 Å². The van der Waals surface area contributed by atoms with Gasteiger partial charge in [-0.15, -0.1) is 0 Å². The molecule has 0 aliphatic carbocycles. The molecule has 2 aliphatic heterocycles. The van der Waals surface area contributed by atoms with Gasteiger partial charge in [-0.05, 0) is 19.9 Å². The van der Waals surface area contributed by atoms with Crippen LogP contribution < -0.4 is 4.74 Å². The SMILES string of the molecule is CC1(C)Oc2cc(Cl)c(Cl)cc2C2O[C@@H]21. The van der Waals surface area contributed by atoms with Crippen molar-refractivity contribution in [2.45, 2.75) is 31.7 Å². The van der Waals surface area contributed by atoms with Gasteiger partial charge in [0.2, 0.25) is 0 Å². The second-order valence-electron chi connectivity index (χ2n) is 4.49. The highest BCUT2D eigenvalue weighted by atomic mass is 35.5. The third-order valence-electron chi connectivity index (χ3n) is 2.91. The summed E-state index contributed by atoms with van der Waals surface area (Å²) >= 11 is 11.9. The molecule has 0 bridgehead atoms. The highest BCUT2D eigenvalue weighted by Gasteiger charge is 2.56. The van der Waals surface area contributed by atoms with Crippen molar-refractivity contribution in [2.24, 2.45) is 0 Å². The van der Waals surface area contributed by atoms with Crippen LogP contribution in [-0.2, 0) is 4.74 Å². The molecule has 2 nitrogen and oxygen atoms in total. The fourth-order valence-corrected chi connectivity index (χ4v) is 2.40. The van der Waals surface area contributed by atoms with Crippen LogP contribution in [0.1, 0.15) is 25.5 Å². The molecule has 1 saturated heterocycles. The average Bonchev–Trinajstić information content (AvgIpc) is 2.89. The molecular formula is C11H10Cl2O2. The van der Waals surface area contributed by atoms with Crippen molar-refractivity contribution in [3.05, 3.63) is 27.7 Å². The van der Waals surface area contributed by atoms with Crippen LogP contribution in [0, 0.1) is 0 Å². The molecule has 4 heteroatoms. The summed E-state index contributed by atoms with van der Waals surface area (Å²) in [7, 11) is 0. The predicted molar refractivity (Wildman–Crippen MR) is 58.8 cm³/mol. The van der Waals surface area contributed by atoms with Crippen LogP contribution in [0.3, 0.4) is 0 Å².